The number of allylic oxidation sites excluding steroid dienone is 5. The molecule has 0 heterocycles. The molecule has 3 heteroatoms. The Morgan fingerprint density at radius 2 is 1.50 bits per heavy atom. The minimum absolute atomic E-state index is 0. The van der Waals surface area contributed by atoms with Gasteiger partial charge in [0, 0.05) is 39.1 Å². The van der Waals surface area contributed by atoms with Crippen LogP contribution in [0.15, 0.2) is 29.1 Å². The summed E-state index contributed by atoms with van der Waals surface area (Å²) in [4.78, 5) is 10.7. The fourth-order valence-corrected chi connectivity index (χ4v) is 1.41. The molecular weight excluding hydrogens is 388 g/mol. The van der Waals surface area contributed by atoms with Gasteiger partial charge in [0.2, 0.25) is 0 Å². The molecule has 0 amide bonds. The molecule has 1 radical (unpaired) electrons. The zero-order chi connectivity index (χ0) is 16.4. The van der Waals surface area contributed by atoms with Crippen LogP contribution in [0.3, 0.4) is 0 Å². The van der Waals surface area contributed by atoms with Gasteiger partial charge in [-0.1, -0.05) is 60.3 Å². The van der Waals surface area contributed by atoms with Gasteiger partial charge in [0.15, 0.2) is 5.78 Å². The molecule has 1 nitrogen and oxygen atoms in total. The fraction of sp³-hybridized carbons (Fsp3) is 0.667. The first-order valence-electron chi connectivity index (χ1n) is 7.38. The monoisotopic (exact) mass is 434 g/mol. The van der Waals surface area contributed by atoms with Crippen molar-refractivity contribution in [2.24, 2.45) is 0 Å². The largest absolute Gasteiger partial charge is 0.499 e. The van der Waals surface area contributed by atoms with Crippen molar-refractivity contribution in [3.63, 3.8) is 0 Å². The van der Waals surface area contributed by atoms with E-state index in [4.69, 9.17) is 0 Å². The molecular formula is C21H46OPY-. The van der Waals surface area contributed by atoms with Crippen LogP contribution in [0.25, 0.3) is 0 Å². The first kappa shape index (κ1) is 44.1. The zero-order valence-electron chi connectivity index (χ0n) is 15.3. The van der Waals surface area contributed by atoms with Crippen LogP contribution in [0.5, 0.6) is 0 Å². The van der Waals surface area contributed by atoms with Gasteiger partial charge in [-0.05, 0) is 46.4 Å². The van der Waals surface area contributed by atoms with Gasteiger partial charge in [-0.15, -0.1) is 8.58 Å². The molecule has 24 heavy (non-hydrogen) atoms. The second-order valence-electron chi connectivity index (χ2n) is 4.36. The topological polar surface area (TPSA) is 17.1 Å². The third-order valence-electron chi connectivity index (χ3n) is 2.62. The van der Waals surface area contributed by atoms with Crippen molar-refractivity contribution in [3.8, 4) is 0 Å². The summed E-state index contributed by atoms with van der Waals surface area (Å²) in [6.45, 7) is 16.1. The number of rotatable bonds is 5. The van der Waals surface area contributed by atoms with Gasteiger partial charge in [-0.3, -0.25) is 4.79 Å². The maximum Gasteiger partial charge on any atom is 0.157 e. The van der Waals surface area contributed by atoms with E-state index in [1.54, 1.807) is 0 Å². The van der Waals surface area contributed by atoms with Crippen molar-refractivity contribution >= 4 is 14.4 Å². The Bertz CT molecular complexity index is 305. The maximum absolute atomic E-state index is 10.7. The van der Waals surface area contributed by atoms with E-state index < -0.39 is 0 Å². The Balaban J connectivity index is -0.0000000340. The van der Waals surface area contributed by atoms with Gasteiger partial charge in [0.1, 0.15) is 0 Å². The number of carbonyl (C=O) groups excluding carboxylic acids is 1. The van der Waals surface area contributed by atoms with Crippen molar-refractivity contribution < 1.29 is 37.5 Å². The van der Waals surface area contributed by atoms with E-state index in [9.17, 15) is 4.79 Å². The molecule has 0 aromatic carbocycles. The summed E-state index contributed by atoms with van der Waals surface area (Å²) in [5.41, 5.74) is 2.37. The van der Waals surface area contributed by atoms with Crippen LogP contribution < -0.4 is 0 Å². The molecule has 0 bridgehead atoms. The van der Waals surface area contributed by atoms with Crippen LogP contribution in [0, 0.1) is 6.08 Å². The SMILES string of the molecule is C.C.C.CC=C(C)C(=O)CC.CC=C(C)CCC.C[C-]=CPC.[Y]. The molecule has 145 valence electrons. The van der Waals surface area contributed by atoms with Crippen molar-refractivity contribution in [2.75, 3.05) is 6.66 Å². The number of carbonyl (C=O) groups is 1. The number of hydrogen-bond donors (Lipinski definition) is 0. The first-order valence-corrected chi connectivity index (χ1v) is 8.96. The first-order chi connectivity index (χ1) is 9.44. The van der Waals surface area contributed by atoms with Gasteiger partial charge in [-0.25, -0.2) is 5.82 Å². The second-order valence-corrected chi connectivity index (χ2v) is 5.22. The van der Waals surface area contributed by atoms with Crippen LogP contribution in [0.2, 0.25) is 0 Å². The molecule has 0 rings (SSSR count). The van der Waals surface area contributed by atoms with Crippen LogP contribution in [-0.4, -0.2) is 12.4 Å². The van der Waals surface area contributed by atoms with Gasteiger partial charge in [0.25, 0.3) is 0 Å². The summed E-state index contributed by atoms with van der Waals surface area (Å²) >= 11 is 0. The smallest absolute Gasteiger partial charge is 0.157 e. The molecule has 0 aromatic heterocycles. The summed E-state index contributed by atoms with van der Waals surface area (Å²) in [5.74, 6) is 2.27. The van der Waals surface area contributed by atoms with E-state index >= 15 is 0 Å². The number of ketones is 1. The van der Waals surface area contributed by atoms with E-state index in [1.165, 1.54) is 18.4 Å². The molecule has 1 unspecified atom stereocenters. The molecule has 0 N–H and O–H groups in total. The van der Waals surface area contributed by atoms with E-state index in [-0.39, 0.29) is 60.8 Å². The molecule has 0 aliphatic rings. The predicted molar refractivity (Wildman–Crippen MR) is 117 cm³/mol. The molecule has 0 saturated carbocycles. The van der Waals surface area contributed by atoms with E-state index in [0.717, 1.165) is 14.2 Å². The van der Waals surface area contributed by atoms with E-state index in [1.807, 2.05) is 39.6 Å². The molecule has 0 aromatic rings. The Kier molecular flexibility index (Phi) is 71.4. The molecule has 0 spiro atoms. The Labute approximate surface area is 182 Å². The Hall–Kier alpha value is 0.424. The number of hydrogen-bond acceptors (Lipinski definition) is 1. The van der Waals surface area contributed by atoms with Crippen LogP contribution >= 0.6 is 8.58 Å². The second kappa shape index (κ2) is 38.8. The summed E-state index contributed by atoms with van der Waals surface area (Å²) < 4.78 is 0. The fourth-order valence-electron chi connectivity index (χ4n) is 1.12. The summed E-state index contributed by atoms with van der Waals surface area (Å²) in [5, 5.41) is 0. The Morgan fingerprint density at radius 3 is 1.58 bits per heavy atom. The van der Waals surface area contributed by atoms with E-state index in [0.29, 0.717) is 6.42 Å². The summed E-state index contributed by atoms with van der Waals surface area (Å²) in [7, 11) is 0.922. The summed E-state index contributed by atoms with van der Waals surface area (Å²) in [6.07, 6.45) is 10.1. The standard InChI is InChI=1S/C7H12O.C7H14.C4H8P.3CH4.Y/c1-4-6(3)7(8)5-2;1-4-6-7(3)5-2;1-3-4-5-2;;;;/h4H,5H2,1-3H3;5H,4,6H2,1-3H3;4-5H,1-2H3;3*1H4;/q;;-1;;;;. The van der Waals surface area contributed by atoms with E-state index in [2.05, 4.69) is 39.6 Å². The summed E-state index contributed by atoms with van der Waals surface area (Å²) in [6, 6.07) is 0. The third kappa shape index (κ3) is 43.3. The average Bonchev–Trinajstić information content (AvgIpc) is 2.47. The quantitative estimate of drug-likeness (QED) is 0.184. The average molecular weight is 434 g/mol. The third-order valence-corrected chi connectivity index (χ3v) is 3.20. The normalized spacial score (nSPS) is 10.0. The molecule has 0 fully saturated rings. The molecule has 1 atom stereocenters. The van der Waals surface area contributed by atoms with Gasteiger partial charge < -0.3 is 6.08 Å². The van der Waals surface area contributed by atoms with Crippen molar-refractivity contribution in [2.45, 2.75) is 90.0 Å². The van der Waals surface area contributed by atoms with Gasteiger partial charge >= 0.3 is 0 Å². The Morgan fingerprint density at radius 1 is 1.04 bits per heavy atom. The van der Waals surface area contributed by atoms with Crippen molar-refractivity contribution in [1.82, 2.24) is 0 Å². The van der Waals surface area contributed by atoms with Crippen LogP contribution in [-0.2, 0) is 37.5 Å². The predicted octanol–water partition coefficient (Wildman–Crippen LogP) is 8.22. The zero-order valence-corrected chi connectivity index (χ0v) is 19.2. The van der Waals surface area contributed by atoms with Gasteiger partial charge in [-0.2, -0.15) is 6.92 Å². The minimum Gasteiger partial charge on any atom is -0.499 e. The van der Waals surface area contributed by atoms with Crippen LogP contribution in [0.1, 0.15) is 90.0 Å². The molecule has 0 aliphatic heterocycles. The van der Waals surface area contributed by atoms with Gasteiger partial charge in [0.05, 0.1) is 0 Å². The van der Waals surface area contributed by atoms with Crippen molar-refractivity contribution in [3.05, 3.63) is 35.2 Å². The molecule has 0 saturated heterocycles. The molecule has 0 aliphatic carbocycles. The maximum atomic E-state index is 10.7. The van der Waals surface area contributed by atoms with Crippen molar-refractivity contribution in [1.29, 1.82) is 0 Å². The van der Waals surface area contributed by atoms with Crippen LogP contribution in [0.4, 0.5) is 0 Å². The number of Topliss-reactive ketones (excluding diaryl/α,β-unsaturated/α-hetero) is 1. The minimum atomic E-state index is 0.